The number of piperazine rings is 1. The number of nitrogens with two attached hydrogens (primary N) is 1. The van der Waals surface area contributed by atoms with Crippen molar-refractivity contribution in [2.24, 2.45) is 0 Å². The lowest BCUT2D eigenvalue weighted by Crippen LogP contribution is -2.52. The molecule has 0 aliphatic carbocycles. The van der Waals surface area contributed by atoms with Gasteiger partial charge in [0.2, 0.25) is 0 Å². The van der Waals surface area contributed by atoms with Crippen molar-refractivity contribution >= 4 is 33.6 Å². The number of hydrogen-bond acceptors (Lipinski definition) is 3. The first-order chi connectivity index (χ1) is 9.90. The summed E-state index contributed by atoms with van der Waals surface area (Å²) in [5.41, 5.74) is 6.86. The van der Waals surface area contributed by atoms with Crippen LogP contribution in [0.4, 0.5) is 10.5 Å². The summed E-state index contributed by atoms with van der Waals surface area (Å²) < 4.78 is 0.845. The molecule has 0 aromatic heterocycles. The third kappa shape index (κ3) is 3.47. The lowest BCUT2D eigenvalue weighted by molar-refractivity contribution is 0.0651. The van der Waals surface area contributed by atoms with Gasteiger partial charge in [-0.15, -0.1) is 0 Å². The minimum atomic E-state index is -0.0862. The first kappa shape index (κ1) is 15.6. The van der Waals surface area contributed by atoms with Crippen LogP contribution in [-0.2, 0) is 0 Å². The quantitative estimate of drug-likeness (QED) is 0.776. The second kappa shape index (κ2) is 6.34. The number of rotatable bonds is 1. The van der Waals surface area contributed by atoms with Gasteiger partial charge in [0.05, 0.1) is 5.56 Å². The van der Waals surface area contributed by atoms with Gasteiger partial charge in [0, 0.05) is 50.4 Å². The van der Waals surface area contributed by atoms with Gasteiger partial charge in [-0.05, 0) is 18.2 Å². The summed E-state index contributed by atoms with van der Waals surface area (Å²) in [7, 11) is 3.45. The molecule has 1 fully saturated rings. The van der Waals surface area contributed by atoms with E-state index in [1.807, 2.05) is 0 Å². The van der Waals surface area contributed by atoms with Crippen LogP contribution in [0.2, 0.25) is 0 Å². The van der Waals surface area contributed by atoms with E-state index in [2.05, 4.69) is 15.9 Å². The lowest BCUT2D eigenvalue weighted by atomic mass is 10.1. The molecule has 0 bridgehead atoms. The van der Waals surface area contributed by atoms with Crippen LogP contribution >= 0.6 is 15.9 Å². The van der Waals surface area contributed by atoms with Crippen LogP contribution in [0.3, 0.4) is 0 Å². The number of amides is 3. The highest BCUT2D eigenvalue weighted by Crippen LogP contribution is 2.20. The Balaban J connectivity index is 2.02. The molecule has 6 nitrogen and oxygen atoms in total. The first-order valence-electron chi connectivity index (χ1n) is 6.70. The van der Waals surface area contributed by atoms with Gasteiger partial charge in [-0.2, -0.15) is 0 Å². The van der Waals surface area contributed by atoms with E-state index in [4.69, 9.17) is 5.73 Å². The van der Waals surface area contributed by atoms with Crippen LogP contribution in [0.15, 0.2) is 22.7 Å². The molecule has 3 amide bonds. The maximum absolute atomic E-state index is 12.5. The van der Waals surface area contributed by atoms with Crippen LogP contribution in [-0.4, -0.2) is 66.9 Å². The summed E-state index contributed by atoms with van der Waals surface area (Å²) in [6, 6.07) is 5.22. The molecule has 2 rings (SSSR count). The fourth-order valence-corrected chi connectivity index (χ4v) is 2.66. The molecule has 1 aliphatic rings. The van der Waals surface area contributed by atoms with Crippen molar-refractivity contribution in [3.63, 3.8) is 0 Å². The van der Waals surface area contributed by atoms with E-state index in [1.165, 1.54) is 0 Å². The van der Waals surface area contributed by atoms with Crippen LogP contribution in [0.1, 0.15) is 10.4 Å². The molecular weight excluding hydrogens is 336 g/mol. The zero-order valence-electron chi connectivity index (χ0n) is 12.2. The molecule has 0 atom stereocenters. The number of anilines is 1. The Kier molecular flexibility index (Phi) is 4.72. The molecule has 1 aromatic carbocycles. The van der Waals surface area contributed by atoms with E-state index in [9.17, 15) is 9.59 Å². The Labute approximate surface area is 132 Å². The highest BCUT2D eigenvalue weighted by atomic mass is 79.9. The van der Waals surface area contributed by atoms with Crippen LogP contribution in [0, 0.1) is 0 Å². The number of benzene rings is 1. The molecule has 1 aromatic rings. The second-order valence-corrected chi connectivity index (χ2v) is 6.10. The third-order valence-electron chi connectivity index (χ3n) is 3.46. The summed E-state index contributed by atoms with van der Waals surface area (Å²) in [6.07, 6.45) is 0. The van der Waals surface area contributed by atoms with Crippen LogP contribution in [0.5, 0.6) is 0 Å². The molecule has 2 N–H and O–H groups in total. The fourth-order valence-electron chi connectivity index (χ4n) is 2.28. The molecule has 0 spiro atoms. The number of carbonyl (C=O) groups excluding carboxylic acids is 2. The van der Waals surface area contributed by atoms with Crippen molar-refractivity contribution in [2.75, 3.05) is 46.0 Å². The van der Waals surface area contributed by atoms with E-state index in [-0.39, 0.29) is 11.9 Å². The number of hydrogen-bond donors (Lipinski definition) is 1. The molecule has 114 valence electrons. The maximum Gasteiger partial charge on any atom is 0.319 e. The Morgan fingerprint density at radius 2 is 1.71 bits per heavy atom. The van der Waals surface area contributed by atoms with Gasteiger partial charge in [-0.3, -0.25) is 4.79 Å². The van der Waals surface area contributed by atoms with E-state index >= 15 is 0 Å². The van der Waals surface area contributed by atoms with E-state index < -0.39 is 0 Å². The van der Waals surface area contributed by atoms with Crippen molar-refractivity contribution in [3.05, 3.63) is 28.2 Å². The minimum Gasteiger partial charge on any atom is -0.398 e. The second-order valence-electron chi connectivity index (χ2n) is 5.19. The zero-order chi connectivity index (χ0) is 15.6. The Hall–Kier alpha value is -1.76. The average Bonchev–Trinajstić information content (AvgIpc) is 2.46. The number of carbonyl (C=O) groups is 2. The van der Waals surface area contributed by atoms with Crippen LogP contribution < -0.4 is 5.73 Å². The average molecular weight is 355 g/mol. The number of urea groups is 1. The predicted molar refractivity (Wildman–Crippen MR) is 85.1 cm³/mol. The molecule has 0 saturated carbocycles. The SMILES string of the molecule is CN(C)C(=O)N1CCN(C(=O)c2ccc(Br)cc2N)CC1. The van der Waals surface area contributed by atoms with Crippen molar-refractivity contribution in [2.45, 2.75) is 0 Å². The van der Waals surface area contributed by atoms with Gasteiger partial charge >= 0.3 is 6.03 Å². The van der Waals surface area contributed by atoms with Gasteiger partial charge in [-0.25, -0.2) is 4.79 Å². The molecule has 1 heterocycles. The molecule has 1 saturated heterocycles. The highest BCUT2D eigenvalue weighted by molar-refractivity contribution is 9.10. The minimum absolute atomic E-state index is 0.0229. The predicted octanol–water partition coefficient (Wildman–Crippen LogP) is 1.47. The highest BCUT2D eigenvalue weighted by Gasteiger charge is 2.26. The Morgan fingerprint density at radius 1 is 1.14 bits per heavy atom. The van der Waals surface area contributed by atoms with Gasteiger partial charge < -0.3 is 20.4 Å². The monoisotopic (exact) mass is 354 g/mol. The summed E-state index contributed by atoms with van der Waals surface area (Å²) >= 11 is 3.33. The number of nitrogens with zero attached hydrogens (tertiary/aromatic N) is 3. The summed E-state index contributed by atoms with van der Waals surface area (Å²) in [4.78, 5) is 29.3. The maximum atomic E-state index is 12.5. The van der Waals surface area contributed by atoms with Gasteiger partial charge in [-0.1, -0.05) is 15.9 Å². The Bertz CT molecular complexity index is 554. The van der Waals surface area contributed by atoms with Gasteiger partial charge in [0.25, 0.3) is 5.91 Å². The molecule has 7 heteroatoms. The van der Waals surface area contributed by atoms with Crippen LogP contribution in [0.25, 0.3) is 0 Å². The van der Waals surface area contributed by atoms with Crippen molar-refractivity contribution < 1.29 is 9.59 Å². The normalized spacial score (nSPS) is 15.0. The molecular formula is C14H19BrN4O2. The largest absolute Gasteiger partial charge is 0.398 e. The van der Waals surface area contributed by atoms with Gasteiger partial charge in [0.1, 0.15) is 0 Å². The topological polar surface area (TPSA) is 69.9 Å². The fraction of sp³-hybridized carbons (Fsp3) is 0.429. The number of nitrogen functional groups attached to an aromatic ring is 1. The zero-order valence-corrected chi connectivity index (χ0v) is 13.8. The van der Waals surface area contributed by atoms with Crippen molar-refractivity contribution in [3.8, 4) is 0 Å². The smallest absolute Gasteiger partial charge is 0.319 e. The lowest BCUT2D eigenvalue weighted by Gasteiger charge is -2.36. The van der Waals surface area contributed by atoms with E-state index in [1.54, 1.807) is 47.0 Å². The van der Waals surface area contributed by atoms with E-state index in [0.29, 0.717) is 37.4 Å². The van der Waals surface area contributed by atoms with E-state index in [0.717, 1.165) is 4.47 Å². The van der Waals surface area contributed by atoms with Gasteiger partial charge in [0.15, 0.2) is 0 Å². The number of halogens is 1. The molecule has 1 aliphatic heterocycles. The molecule has 0 radical (unpaired) electrons. The van der Waals surface area contributed by atoms with Crippen molar-refractivity contribution in [1.82, 2.24) is 14.7 Å². The first-order valence-corrected chi connectivity index (χ1v) is 7.50. The summed E-state index contributed by atoms with van der Waals surface area (Å²) in [5.74, 6) is -0.0862. The third-order valence-corrected chi connectivity index (χ3v) is 3.96. The standard InChI is InChI=1S/C14H19BrN4O2/c1-17(2)14(21)19-7-5-18(6-8-19)13(20)11-4-3-10(15)9-12(11)16/h3-4,9H,5-8,16H2,1-2H3. The molecule has 21 heavy (non-hydrogen) atoms. The summed E-state index contributed by atoms with van der Waals surface area (Å²) in [5, 5.41) is 0. The molecule has 0 unspecified atom stereocenters. The summed E-state index contributed by atoms with van der Waals surface area (Å²) in [6.45, 7) is 2.13. The van der Waals surface area contributed by atoms with Crippen molar-refractivity contribution in [1.29, 1.82) is 0 Å². The Morgan fingerprint density at radius 3 is 2.24 bits per heavy atom.